The summed E-state index contributed by atoms with van der Waals surface area (Å²) in [6.45, 7) is 2.27. The average molecular weight is 416 g/mol. The topological polar surface area (TPSA) is 53.1 Å². The first kappa shape index (κ1) is 21.3. The Bertz CT molecular complexity index is 774. The zero-order chi connectivity index (χ0) is 20.6. The lowest BCUT2D eigenvalue weighted by molar-refractivity contribution is -0.133. The van der Waals surface area contributed by atoms with Crippen molar-refractivity contribution in [2.24, 2.45) is 0 Å². The molecular weight excluding hydrogens is 386 g/mol. The van der Waals surface area contributed by atoms with E-state index in [4.69, 9.17) is 4.74 Å². The molecular formula is C22H29N3O3S. The molecule has 1 aromatic heterocycles. The van der Waals surface area contributed by atoms with Crippen LogP contribution in [0.3, 0.4) is 0 Å². The van der Waals surface area contributed by atoms with Crippen LogP contribution in [0.1, 0.15) is 23.3 Å². The fraction of sp³-hybridized carbons (Fsp3) is 0.455. The van der Waals surface area contributed by atoms with Gasteiger partial charge in [-0.3, -0.25) is 4.79 Å². The molecule has 1 aromatic carbocycles. The normalized spacial score (nSPS) is 15.9. The molecule has 1 saturated heterocycles. The first-order valence-corrected chi connectivity index (χ1v) is 10.8. The standard InChI is InChI=1S/C22H29N3O3S/c1-23(2)22(27)25(15-19-10-6-12-28-19)17-21(26)24(16-20-11-7-13-29-20)14-18-8-4-3-5-9-18/h3-5,7-9,11,13,19H,6,10,12,14-17H2,1-2H3/t19-/m1/s1. The van der Waals surface area contributed by atoms with Crippen LogP contribution in [0, 0.1) is 0 Å². The highest BCUT2D eigenvalue weighted by atomic mass is 32.1. The molecule has 1 atom stereocenters. The van der Waals surface area contributed by atoms with E-state index in [1.54, 1.807) is 30.3 Å². The minimum Gasteiger partial charge on any atom is -0.376 e. The van der Waals surface area contributed by atoms with Gasteiger partial charge in [-0.15, -0.1) is 11.3 Å². The number of rotatable bonds is 8. The van der Waals surface area contributed by atoms with Crippen molar-refractivity contribution in [1.29, 1.82) is 0 Å². The highest BCUT2D eigenvalue weighted by Crippen LogP contribution is 2.17. The van der Waals surface area contributed by atoms with Crippen molar-refractivity contribution in [3.63, 3.8) is 0 Å². The lowest BCUT2D eigenvalue weighted by Gasteiger charge is -2.30. The number of ether oxygens (including phenoxy) is 1. The number of benzene rings is 1. The van der Waals surface area contributed by atoms with E-state index in [1.165, 1.54) is 4.90 Å². The summed E-state index contributed by atoms with van der Waals surface area (Å²) in [4.78, 5) is 32.0. The minimum absolute atomic E-state index is 0.00608. The maximum atomic E-state index is 13.3. The first-order valence-electron chi connectivity index (χ1n) is 9.95. The third-order valence-electron chi connectivity index (χ3n) is 4.92. The second kappa shape index (κ2) is 10.4. The summed E-state index contributed by atoms with van der Waals surface area (Å²) in [5.74, 6) is -0.0598. The molecule has 0 saturated carbocycles. The van der Waals surface area contributed by atoms with Gasteiger partial charge in [0.15, 0.2) is 0 Å². The van der Waals surface area contributed by atoms with Gasteiger partial charge in [0.1, 0.15) is 6.54 Å². The first-order chi connectivity index (χ1) is 14.0. The summed E-state index contributed by atoms with van der Waals surface area (Å²) in [5, 5.41) is 2.01. The van der Waals surface area contributed by atoms with E-state index in [2.05, 4.69) is 0 Å². The quantitative estimate of drug-likeness (QED) is 0.664. The summed E-state index contributed by atoms with van der Waals surface area (Å²) >= 11 is 1.63. The van der Waals surface area contributed by atoms with Crippen LogP contribution in [0.2, 0.25) is 0 Å². The summed E-state index contributed by atoms with van der Waals surface area (Å²) in [7, 11) is 3.42. The Labute approximate surface area is 176 Å². The van der Waals surface area contributed by atoms with Crippen molar-refractivity contribution < 1.29 is 14.3 Å². The van der Waals surface area contributed by atoms with E-state index < -0.39 is 0 Å². The molecule has 1 aliphatic heterocycles. The van der Waals surface area contributed by atoms with Crippen LogP contribution in [0.4, 0.5) is 4.79 Å². The number of hydrogen-bond donors (Lipinski definition) is 0. The van der Waals surface area contributed by atoms with Crippen molar-refractivity contribution in [3.05, 3.63) is 58.3 Å². The minimum atomic E-state index is -0.162. The van der Waals surface area contributed by atoms with Crippen LogP contribution in [0.5, 0.6) is 0 Å². The molecule has 6 nitrogen and oxygen atoms in total. The lowest BCUT2D eigenvalue weighted by atomic mass is 10.2. The molecule has 0 unspecified atom stereocenters. The predicted octanol–water partition coefficient (Wildman–Crippen LogP) is 3.44. The van der Waals surface area contributed by atoms with Gasteiger partial charge in [-0.05, 0) is 29.9 Å². The van der Waals surface area contributed by atoms with Gasteiger partial charge in [-0.2, -0.15) is 0 Å². The van der Waals surface area contributed by atoms with Crippen LogP contribution in [0.15, 0.2) is 47.8 Å². The van der Waals surface area contributed by atoms with Crippen molar-refractivity contribution >= 4 is 23.3 Å². The van der Waals surface area contributed by atoms with Crippen LogP contribution in [-0.4, -0.2) is 66.5 Å². The third kappa shape index (κ3) is 6.30. The molecule has 0 aliphatic carbocycles. The summed E-state index contributed by atoms with van der Waals surface area (Å²) in [6, 6.07) is 13.8. The Kier molecular flexibility index (Phi) is 7.66. The van der Waals surface area contributed by atoms with Crippen molar-refractivity contribution in [2.45, 2.75) is 32.0 Å². The smallest absolute Gasteiger partial charge is 0.320 e. The fourth-order valence-electron chi connectivity index (χ4n) is 3.42. The molecule has 1 fully saturated rings. The monoisotopic (exact) mass is 415 g/mol. The van der Waals surface area contributed by atoms with Crippen LogP contribution >= 0.6 is 11.3 Å². The predicted molar refractivity (Wildman–Crippen MR) is 115 cm³/mol. The number of hydrogen-bond acceptors (Lipinski definition) is 4. The van der Waals surface area contributed by atoms with E-state index in [1.807, 2.05) is 52.7 Å². The Morgan fingerprint density at radius 2 is 1.86 bits per heavy atom. The van der Waals surface area contributed by atoms with E-state index in [0.717, 1.165) is 29.9 Å². The molecule has 29 heavy (non-hydrogen) atoms. The Balaban J connectivity index is 1.73. The second-order valence-corrected chi connectivity index (χ2v) is 8.54. The maximum Gasteiger partial charge on any atom is 0.320 e. The molecule has 0 bridgehead atoms. The maximum absolute atomic E-state index is 13.3. The molecule has 1 aliphatic rings. The van der Waals surface area contributed by atoms with E-state index in [0.29, 0.717) is 19.6 Å². The van der Waals surface area contributed by atoms with Gasteiger partial charge in [0.25, 0.3) is 0 Å². The number of carbonyl (C=O) groups is 2. The Morgan fingerprint density at radius 1 is 1.07 bits per heavy atom. The number of amides is 3. The zero-order valence-electron chi connectivity index (χ0n) is 17.1. The molecule has 0 spiro atoms. The van der Waals surface area contributed by atoms with E-state index >= 15 is 0 Å². The molecule has 7 heteroatoms. The van der Waals surface area contributed by atoms with Gasteiger partial charge in [0, 0.05) is 38.7 Å². The number of urea groups is 1. The number of nitrogens with zero attached hydrogens (tertiary/aromatic N) is 3. The summed E-state index contributed by atoms with van der Waals surface area (Å²) in [5.41, 5.74) is 1.07. The number of thiophene rings is 1. The SMILES string of the molecule is CN(C)C(=O)N(CC(=O)N(Cc1ccccc1)Cc1cccs1)C[C@H]1CCCO1. The van der Waals surface area contributed by atoms with Gasteiger partial charge in [-0.25, -0.2) is 4.79 Å². The van der Waals surface area contributed by atoms with Crippen LogP contribution < -0.4 is 0 Å². The van der Waals surface area contributed by atoms with Gasteiger partial charge in [0.2, 0.25) is 5.91 Å². The van der Waals surface area contributed by atoms with E-state index in [-0.39, 0.29) is 24.6 Å². The third-order valence-corrected chi connectivity index (χ3v) is 5.78. The number of carbonyl (C=O) groups excluding carboxylic acids is 2. The van der Waals surface area contributed by atoms with Crippen molar-refractivity contribution in [3.8, 4) is 0 Å². The second-order valence-electron chi connectivity index (χ2n) is 7.51. The zero-order valence-corrected chi connectivity index (χ0v) is 17.9. The fourth-order valence-corrected chi connectivity index (χ4v) is 4.14. The molecule has 2 aromatic rings. The summed E-state index contributed by atoms with van der Waals surface area (Å²) in [6.07, 6.45) is 1.93. The van der Waals surface area contributed by atoms with Gasteiger partial charge >= 0.3 is 6.03 Å². The highest BCUT2D eigenvalue weighted by molar-refractivity contribution is 7.09. The summed E-state index contributed by atoms with van der Waals surface area (Å²) < 4.78 is 5.70. The average Bonchev–Trinajstić information content (AvgIpc) is 3.41. The molecule has 3 rings (SSSR count). The molecule has 2 heterocycles. The Morgan fingerprint density at radius 3 is 2.48 bits per heavy atom. The largest absolute Gasteiger partial charge is 0.376 e. The van der Waals surface area contributed by atoms with Crippen molar-refractivity contribution in [2.75, 3.05) is 33.8 Å². The lowest BCUT2D eigenvalue weighted by Crippen LogP contribution is -2.48. The van der Waals surface area contributed by atoms with Crippen LogP contribution in [-0.2, 0) is 22.6 Å². The van der Waals surface area contributed by atoms with Crippen LogP contribution in [0.25, 0.3) is 0 Å². The molecule has 0 N–H and O–H groups in total. The van der Waals surface area contributed by atoms with Gasteiger partial charge < -0.3 is 19.4 Å². The Hall–Kier alpha value is -2.38. The van der Waals surface area contributed by atoms with Gasteiger partial charge in [-0.1, -0.05) is 36.4 Å². The molecule has 3 amide bonds. The van der Waals surface area contributed by atoms with E-state index in [9.17, 15) is 9.59 Å². The van der Waals surface area contributed by atoms with Crippen molar-refractivity contribution in [1.82, 2.24) is 14.7 Å². The highest BCUT2D eigenvalue weighted by Gasteiger charge is 2.27. The van der Waals surface area contributed by atoms with Gasteiger partial charge in [0.05, 0.1) is 12.6 Å². The molecule has 0 radical (unpaired) electrons. The molecule has 156 valence electrons.